The van der Waals surface area contributed by atoms with E-state index in [-0.39, 0.29) is 5.38 Å². The zero-order valence-electron chi connectivity index (χ0n) is 9.86. The maximum atomic E-state index is 5.88. The average Bonchev–Trinajstić information content (AvgIpc) is 2.34. The molecule has 2 aromatic rings. The Hall–Kier alpha value is -1.35. The van der Waals surface area contributed by atoms with Crippen LogP contribution < -0.4 is 5.32 Å². The summed E-state index contributed by atoms with van der Waals surface area (Å²) in [5.41, 5.74) is 0.968. The first-order chi connectivity index (χ1) is 8.25. The molecule has 3 nitrogen and oxygen atoms in total. The second-order valence-electron chi connectivity index (χ2n) is 4.10. The van der Waals surface area contributed by atoms with Gasteiger partial charge in [-0.3, -0.25) is 0 Å². The van der Waals surface area contributed by atoms with Crippen molar-refractivity contribution in [3.05, 3.63) is 30.5 Å². The zero-order chi connectivity index (χ0) is 12.1. The van der Waals surface area contributed by atoms with E-state index in [0.29, 0.717) is 5.95 Å². The number of aromatic nitrogens is 2. The first-order valence-electron chi connectivity index (χ1n) is 5.85. The number of nitrogens with one attached hydrogen (secondary N) is 1. The van der Waals surface area contributed by atoms with Crippen molar-refractivity contribution in [2.24, 2.45) is 0 Å². The molecule has 0 aliphatic heterocycles. The van der Waals surface area contributed by atoms with Crippen LogP contribution in [0.15, 0.2) is 30.5 Å². The molecule has 2 rings (SSSR count). The number of hydrogen-bond acceptors (Lipinski definition) is 3. The minimum absolute atomic E-state index is 0.231. The molecule has 0 saturated carbocycles. The number of benzene rings is 1. The van der Waals surface area contributed by atoms with E-state index >= 15 is 0 Å². The number of nitrogens with zero attached hydrogens (tertiary/aromatic N) is 2. The lowest BCUT2D eigenvalue weighted by molar-refractivity contribution is 0.747. The van der Waals surface area contributed by atoms with Gasteiger partial charge in [0.05, 0.1) is 5.52 Å². The van der Waals surface area contributed by atoms with Gasteiger partial charge in [0.1, 0.15) is 0 Å². The minimum Gasteiger partial charge on any atom is -0.354 e. The normalized spacial score (nSPS) is 12.6. The Bertz CT molecular complexity index is 485. The Kier molecular flexibility index (Phi) is 4.15. The van der Waals surface area contributed by atoms with Gasteiger partial charge in [0.2, 0.25) is 5.95 Å². The van der Waals surface area contributed by atoms with Crippen LogP contribution in [0.3, 0.4) is 0 Å². The van der Waals surface area contributed by atoms with E-state index < -0.39 is 0 Å². The van der Waals surface area contributed by atoms with Crippen molar-refractivity contribution in [2.45, 2.75) is 25.1 Å². The third-order valence-electron chi connectivity index (χ3n) is 2.55. The van der Waals surface area contributed by atoms with Crippen molar-refractivity contribution >= 4 is 28.5 Å². The number of alkyl halides is 1. The lowest BCUT2D eigenvalue weighted by Gasteiger charge is -2.06. The maximum absolute atomic E-state index is 5.88. The Balaban J connectivity index is 1.95. The van der Waals surface area contributed by atoms with Crippen LogP contribution in [0, 0.1) is 0 Å². The number of hydrogen-bond donors (Lipinski definition) is 1. The predicted octanol–water partition coefficient (Wildman–Crippen LogP) is 3.45. The van der Waals surface area contributed by atoms with E-state index in [4.69, 9.17) is 11.6 Å². The van der Waals surface area contributed by atoms with Crippen LogP contribution in [0.4, 0.5) is 5.95 Å². The first-order valence-corrected chi connectivity index (χ1v) is 6.29. The lowest BCUT2D eigenvalue weighted by Crippen LogP contribution is -2.06. The van der Waals surface area contributed by atoms with E-state index in [1.807, 2.05) is 37.4 Å². The molecule has 1 unspecified atom stereocenters. The quantitative estimate of drug-likeness (QED) is 0.652. The summed E-state index contributed by atoms with van der Waals surface area (Å²) in [5.74, 6) is 0.686. The largest absolute Gasteiger partial charge is 0.354 e. The molecule has 0 aliphatic rings. The summed E-state index contributed by atoms with van der Waals surface area (Å²) in [5, 5.41) is 4.50. The fraction of sp³-hybridized carbons (Fsp3) is 0.385. The molecule has 0 aliphatic carbocycles. The number of para-hydroxylation sites is 1. The highest BCUT2D eigenvalue weighted by Crippen LogP contribution is 2.11. The van der Waals surface area contributed by atoms with Crippen molar-refractivity contribution in [3.8, 4) is 0 Å². The molecule has 1 atom stereocenters. The van der Waals surface area contributed by atoms with E-state index in [1.165, 1.54) is 0 Å². The van der Waals surface area contributed by atoms with E-state index in [2.05, 4.69) is 15.3 Å². The number of rotatable bonds is 5. The van der Waals surface area contributed by atoms with Gasteiger partial charge in [0.25, 0.3) is 0 Å². The highest BCUT2D eigenvalue weighted by atomic mass is 35.5. The summed E-state index contributed by atoms with van der Waals surface area (Å²) in [6, 6.07) is 7.96. The molecule has 0 fully saturated rings. The van der Waals surface area contributed by atoms with Gasteiger partial charge >= 0.3 is 0 Å². The van der Waals surface area contributed by atoms with Crippen LogP contribution in [-0.2, 0) is 0 Å². The van der Waals surface area contributed by atoms with Gasteiger partial charge < -0.3 is 5.32 Å². The molecule has 1 aromatic carbocycles. The standard InChI is InChI=1S/C13H16ClN3/c1-10(14)5-4-8-15-13-16-9-11-6-2-3-7-12(11)17-13/h2-3,6-7,9-10H,4-5,8H2,1H3,(H,15,16,17). The summed E-state index contributed by atoms with van der Waals surface area (Å²) in [4.78, 5) is 8.71. The molecule has 0 spiro atoms. The second kappa shape index (κ2) is 5.82. The minimum atomic E-state index is 0.231. The number of halogens is 1. The Morgan fingerprint density at radius 2 is 2.18 bits per heavy atom. The molecular weight excluding hydrogens is 234 g/mol. The Labute approximate surface area is 106 Å². The molecule has 17 heavy (non-hydrogen) atoms. The molecule has 0 bridgehead atoms. The van der Waals surface area contributed by atoms with Crippen molar-refractivity contribution in [1.29, 1.82) is 0 Å². The van der Waals surface area contributed by atoms with Gasteiger partial charge in [0, 0.05) is 23.5 Å². The fourth-order valence-electron chi connectivity index (χ4n) is 1.64. The summed E-state index contributed by atoms with van der Waals surface area (Å²) in [6.45, 7) is 2.86. The topological polar surface area (TPSA) is 37.8 Å². The molecule has 4 heteroatoms. The van der Waals surface area contributed by atoms with Gasteiger partial charge in [-0.15, -0.1) is 11.6 Å². The fourth-order valence-corrected chi connectivity index (χ4v) is 1.80. The maximum Gasteiger partial charge on any atom is 0.223 e. The summed E-state index contributed by atoms with van der Waals surface area (Å²) in [6.07, 6.45) is 3.87. The summed E-state index contributed by atoms with van der Waals surface area (Å²) >= 11 is 5.88. The van der Waals surface area contributed by atoms with Crippen molar-refractivity contribution in [3.63, 3.8) is 0 Å². The van der Waals surface area contributed by atoms with Crippen LogP contribution in [0.2, 0.25) is 0 Å². The SMILES string of the molecule is CC(Cl)CCCNc1ncc2ccccc2n1. The van der Waals surface area contributed by atoms with Crippen LogP contribution in [-0.4, -0.2) is 21.9 Å². The Morgan fingerprint density at radius 1 is 1.35 bits per heavy atom. The summed E-state index contributed by atoms with van der Waals surface area (Å²) < 4.78 is 0. The first kappa shape index (κ1) is 12.1. The highest BCUT2D eigenvalue weighted by molar-refractivity contribution is 6.20. The van der Waals surface area contributed by atoms with E-state index in [0.717, 1.165) is 30.3 Å². The molecular formula is C13H16ClN3. The molecule has 0 saturated heterocycles. The number of anilines is 1. The third-order valence-corrected chi connectivity index (χ3v) is 2.77. The highest BCUT2D eigenvalue weighted by Gasteiger charge is 1.99. The van der Waals surface area contributed by atoms with Gasteiger partial charge in [-0.2, -0.15) is 0 Å². The van der Waals surface area contributed by atoms with E-state index in [1.54, 1.807) is 0 Å². The predicted molar refractivity (Wildman–Crippen MR) is 72.6 cm³/mol. The second-order valence-corrected chi connectivity index (χ2v) is 4.85. The summed E-state index contributed by atoms with van der Waals surface area (Å²) in [7, 11) is 0. The lowest BCUT2D eigenvalue weighted by atomic mass is 10.2. The van der Waals surface area contributed by atoms with Crippen LogP contribution >= 0.6 is 11.6 Å². The molecule has 90 valence electrons. The zero-order valence-corrected chi connectivity index (χ0v) is 10.6. The number of fused-ring (bicyclic) bond motifs is 1. The third kappa shape index (κ3) is 3.56. The molecule has 0 amide bonds. The van der Waals surface area contributed by atoms with Crippen LogP contribution in [0.5, 0.6) is 0 Å². The van der Waals surface area contributed by atoms with Crippen molar-refractivity contribution < 1.29 is 0 Å². The monoisotopic (exact) mass is 249 g/mol. The average molecular weight is 250 g/mol. The van der Waals surface area contributed by atoms with Crippen molar-refractivity contribution in [2.75, 3.05) is 11.9 Å². The van der Waals surface area contributed by atoms with Crippen LogP contribution in [0.25, 0.3) is 10.9 Å². The molecule has 1 N–H and O–H groups in total. The van der Waals surface area contributed by atoms with Gasteiger partial charge in [0.15, 0.2) is 0 Å². The Morgan fingerprint density at radius 3 is 3.00 bits per heavy atom. The van der Waals surface area contributed by atoms with Crippen molar-refractivity contribution in [1.82, 2.24) is 9.97 Å². The van der Waals surface area contributed by atoms with Gasteiger partial charge in [-0.05, 0) is 25.8 Å². The molecule has 1 heterocycles. The van der Waals surface area contributed by atoms with Gasteiger partial charge in [-0.25, -0.2) is 9.97 Å². The van der Waals surface area contributed by atoms with Gasteiger partial charge in [-0.1, -0.05) is 18.2 Å². The van der Waals surface area contributed by atoms with Crippen LogP contribution in [0.1, 0.15) is 19.8 Å². The molecule has 1 aromatic heterocycles. The van der Waals surface area contributed by atoms with E-state index in [9.17, 15) is 0 Å². The molecule has 0 radical (unpaired) electrons. The smallest absolute Gasteiger partial charge is 0.223 e.